The van der Waals surface area contributed by atoms with Crippen molar-refractivity contribution in [3.8, 4) is 17.1 Å². The van der Waals surface area contributed by atoms with Crippen LogP contribution in [-0.2, 0) is 0 Å². The lowest BCUT2D eigenvalue weighted by Gasteiger charge is -2.08. The zero-order valence-electron chi connectivity index (χ0n) is 12.6. The molecule has 0 saturated carbocycles. The van der Waals surface area contributed by atoms with Crippen molar-refractivity contribution in [1.29, 1.82) is 0 Å². The van der Waals surface area contributed by atoms with Crippen molar-refractivity contribution in [3.63, 3.8) is 0 Å². The SMILES string of the molecule is CCCNC(C)c1ncc(-c2ccc(C)c(OC)c2)o1. The van der Waals surface area contributed by atoms with Gasteiger partial charge in [0.25, 0.3) is 0 Å². The second-order valence-corrected chi connectivity index (χ2v) is 4.92. The first-order chi connectivity index (χ1) is 9.65. The zero-order valence-corrected chi connectivity index (χ0v) is 12.6. The molecule has 4 heteroatoms. The first-order valence-electron chi connectivity index (χ1n) is 6.99. The lowest BCUT2D eigenvalue weighted by atomic mass is 10.1. The van der Waals surface area contributed by atoms with E-state index < -0.39 is 0 Å². The van der Waals surface area contributed by atoms with Crippen LogP contribution in [-0.4, -0.2) is 18.6 Å². The Kier molecular flexibility index (Phi) is 4.79. The summed E-state index contributed by atoms with van der Waals surface area (Å²) in [6, 6.07) is 6.14. The highest BCUT2D eigenvalue weighted by atomic mass is 16.5. The van der Waals surface area contributed by atoms with Gasteiger partial charge >= 0.3 is 0 Å². The van der Waals surface area contributed by atoms with Gasteiger partial charge in [0.2, 0.25) is 5.89 Å². The fraction of sp³-hybridized carbons (Fsp3) is 0.438. The molecule has 1 atom stereocenters. The smallest absolute Gasteiger partial charge is 0.211 e. The Hall–Kier alpha value is -1.81. The number of aromatic nitrogens is 1. The summed E-state index contributed by atoms with van der Waals surface area (Å²) in [5.74, 6) is 2.34. The predicted octanol–water partition coefficient (Wildman–Crippen LogP) is 3.72. The molecule has 0 spiro atoms. The van der Waals surface area contributed by atoms with Gasteiger partial charge in [-0.3, -0.25) is 0 Å². The fourth-order valence-electron chi connectivity index (χ4n) is 2.04. The molecule has 108 valence electrons. The van der Waals surface area contributed by atoms with Gasteiger partial charge < -0.3 is 14.5 Å². The molecule has 20 heavy (non-hydrogen) atoms. The Bertz CT molecular complexity index is 563. The number of nitrogens with one attached hydrogen (secondary N) is 1. The largest absolute Gasteiger partial charge is 0.496 e. The minimum absolute atomic E-state index is 0.121. The van der Waals surface area contributed by atoms with Crippen molar-refractivity contribution in [1.82, 2.24) is 10.3 Å². The van der Waals surface area contributed by atoms with Crippen molar-refractivity contribution in [2.24, 2.45) is 0 Å². The molecular weight excluding hydrogens is 252 g/mol. The molecule has 1 N–H and O–H groups in total. The van der Waals surface area contributed by atoms with E-state index in [0.29, 0.717) is 5.89 Å². The van der Waals surface area contributed by atoms with Crippen LogP contribution in [0.15, 0.2) is 28.8 Å². The summed E-state index contributed by atoms with van der Waals surface area (Å²) in [6.45, 7) is 7.17. The third kappa shape index (κ3) is 3.20. The Balaban J connectivity index is 2.20. The summed E-state index contributed by atoms with van der Waals surface area (Å²) in [6.07, 6.45) is 2.86. The molecule has 0 aliphatic carbocycles. The molecule has 2 aromatic rings. The number of benzene rings is 1. The van der Waals surface area contributed by atoms with Crippen LogP contribution in [0.5, 0.6) is 5.75 Å². The summed E-state index contributed by atoms with van der Waals surface area (Å²) in [7, 11) is 1.68. The van der Waals surface area contributed by atoms with E-state index in [4.69, 9.17) is 9.15 Å². The van der Waals surface area contributed by atoms with Crippen molar-refractivity contribution >= 4 is 0 Å². The molecule has 1 aromatic heterocycles. The van der Waals surface area contributed by atoms with E-state index >= 15 is 0 Å². The van der Waals surface area contributed by atoms with E-state index in [1.54, 1.807) is 13.3 Å². The molecule has 2 rings (SSSR count). The number of aryl methyl sites for hydroxylation is 1. The molecule has 1 unspecified atom stereocenters. The summed E-state index contributed by atoms with van der Waals surface area (Å²) >= 11 is 0. The molecule has 0 fully saturated rings. The van der Waals surface area contributed by atoms with Gasteiger partial charge in [0.05, 0.1) is 19.3 Å². The van der Waals surface area contributed by atoms with Crippen LogP contribution in [0.3, 0.4) is 0 Å². The van der Waals surface area contributed by atoms with Gasteiger partial charge in [-0.2, -0.15) is 0 Å². The molecule has 1 heterocycles. The summed E-state index contributed by atoms with van der Waals surface area (Å²) in [5.41, 5.74) is 2.09. The predicted molar refractivity (Wildman–Crippen MR) is 79.9 cm³/mol. The Morgan fingerprint density at radius 3 is 2.90 bits per heavy atom. The third-order valence-electron chi connectivity index (χ3n) is 3.29. The van der Waals surface area contributed by atoms with Gasteiger partial charge in [-0.05, 0) is 38.4 Å². The summed E-state index contributed by atoms with van der Waals surface area (Å²) in [5, 5.41) is 3.36. The molecule has 0 saturated heterocycles. The fourth-order valence-corrected chi connectivity index (χ4v) is 2.04. The number of hydrogen-bond donors (Lipinski definition) is 1. The Morgan fingerprint density at radius 2 is 2.20 bits per heavy atom. The van der Waals surface area contributed by atoms with Crippen molar-refractivity contribution in [2.75, 3.05) is 13.7 Å². The zero-order chi connectivity index (χ0) is 14.5. The third-order valence-corrected chi connectivity index (χ3v) is 3.29. The first kappa shape index (κ1) is 14.6. The number of rotatable bonds is 6. The molecule has 0 radical (unpaired) electrons. The maximum Gasteiger partial charge on any atom is 0.211 e. The Labute approximate surface area is 120 Å². The van der Waals surface area contributed by atoms with Gasteiger partial charge in [-0.25, -0.2) is 4.98 Å². The number of nitrogens with zero attached hydrogens (tertiary/aromatic N) is 1. The van der Waals surface area contributed by atoms with E-state index in [1.807, 2.05) is 25.1 Å². The Morgan fingerprint density at radius 1 is 1.40 bits per heavy atom. The highest BCUT2D eigenvalue weighted by Gasteiger charge is 2.13. The molecule has 4 nitrogen and oxygen atoms in total. The minimum Gasteiger partial charge on any atom is -0.496 e. The van der Waals surface area contributed by atoms with Crippen LogP contribution in [0, 0.1) is 6.92 Å². The van der Waals surface area contributed by atoms with Crippen molar-refractivity contribution < 1.29 is 9.15 Å². The van der Waals surface area contributed by atoms with Crippen LogP contribution in [0.2, 0.25) is 0 Å². The highest BCUT2D eigenvalue weighted by Crippen LogP contribution is 2.28. The quantitative estimate of drug-likeness (QED) is 0.872. The maximum absolute atomic E-state index is 5.84. The normalized spacial score (nSPS) is 12.4. The molecule has 0 aliphatic rings. The maximum atomic E-state index is 5.84. The van der Waals surface area contributed by atoms with Gasteiger partial charge in [-0.15, -0.1) is 0 Å². The van der Waals surface area contributed by atoms with E-state index in [0.717, 1.165) is 35.6 Å². The first-order valence-corrected chi connectivity index (χ1v) is 6.99. The number of methoxy groups -OCH3 is 1. The lowest BCUT2D eigenvalue weighted by molar-refractivity contribution is 0.410. The minimum atomic E-state index is 0.121. The van der Waals surface area contributed by atoms with Crippen LogP contribution in [0.4, 0.5) is 0 Å². The van der Waals surface area contributed by atoms with Crippen molar-refractivity contribution in [3.05, 3.63) is 35.9 Å². The van der Waals surface area contributed by atoms with Crippen LogP contribution in [0.1, 0.15) is 37.8 Å². The number of ether oxygens (including phenoxy) is 1. The average Bonchev–Trinajstić information content (AvgIpc) is 2.95. The standard InChI is InChI=1S/C16H22N2O2/c1-5-8-17-12(3)16-18-10-15(20-16)13-7-6-11(2)14(9-13)19-4/h6-7,9-10,12,17H,5,8H2,1-4H3. The molecule has 0 aliphatic heterocycles. The van der Waals surface area contributed by atoms with Gasteiger partial charge in [0.1, 0.15) is 5.75 Å². The molecule has 0 amide bonds. The second kappa shape index (κ2) is 6.57. The van der Waals surface area contributed by atoms with E-state index in [1.165, 1.54) is 0 Å². The highest BCUT2D eigenvalue weighted by molar-refractivity contribution is 5.60. The average molecular weight is 274 g/mol. The van der Waals surface area contributed by atoms with Crippen LogP contribution < -0.4 is 10.1 Å². The summed E-state index contributed by atoms with van der Waals surface area (Å²) in [4.78, 5) is 4.35. The summed E-state index contributed by atoms with van der Waals surface area (Å²) < 4.78 is 11.2. The van der Waals surface area contributed by atoms with E-state index in [9.17, 15) is 0 Å². The lowest BCUT2D eigenvalue weighted by Crippen LogP contribution is -2.19. The van der Waals surface area contributed by atoms with Crippen LogP contribution in [0.25, 0.3) is 11.3 Å². The van der Waals surface area contributed by atoms with Crippen LogP contribution >= 0.6 is 0 Å². The molecule has 1 aromatic carbocycles. The molecular formula is C16H22N2O2. The second-order valence-electron chi connectivity index (χ2n) is 4.92. The van der Waals surface area contributed by atoms with Crippen molar-refractivity contribution in [2.45, 2.75) is 33.2 Å². The van der Waals surface area contributed by atoms with E-state index in [2.05, 4.69) is 24.1 Å². The molecule has 0 bridgehead atoms. The van der Waals surface area contributed by atoms with Gasteiger partial charge in [0, 0.05) is 5.56 Å². The topological polar surface area (TPSA) is 47.3 Å². The van der Waals surface area contributed by atoms with E-state index in [-0.39, 0.29) is 6.04 Å². The van der Waals surface area contributed by atoms with Gasteiger partial charge in [-0.1, -0.05) is 19.1 Å². The monoisotopic (exact) mass is 274 g/mol. The number of hydrogen-bond acceptors (Lipinski definition) is 4. The number of oxazole rings is 1. The van der Waals surface area contributed by atoms with Gasteiger partial charge in [0.15, 0.2) is 5.76 Å².